The summed E-state index contributed by atoms with van der Waals surface area (Å²) in [6.45, 7) is 2.27. The minimum atomic E-state index is -2.33. The van der Waals surface area contributed by atoms with Crippen molar-refractivity contribution < 1.29 is 18.4 Å². The molecule has 130 valence electrons. The molecule has 3 aliphatic rings. The molecule has 0 aromatic heterocycles. The Morgan fingerprint density at radius 2 is 1.23 bits per heavy atom. The molecule has 3 heterocycles. The molecule has 0 amide bonds. The summed E-state index contributed by atoms with van der Waals surface area (Å²) < 4.78 is 17.8. The molecule has 4 nitrogen and oxygen atoms in total. The van der Waals surface area contributed by atoms with Crippen molar-refractivity contribution in [3.8, 4) is 0 Å². The molecule has 3 aliphatic heterocycles. The predicted octanol–water partition coefficient (Wildman–Crippen LogP) is 4.76. The minimum absolute atomic E-state index is 0.204. The Morgan fingerprint density at radius 3 is 1.68 bits per heavy atom. The first-order valence-corrected chi connectivity index (χ1v) is 13.6. The molecule has 2 bridgehead atoms. The van der Waals surface area contributed by atoms with E-state index in [4.69, 9.17) is 13.3 Å². The van der Waals surface area contributed by atoms with Gasteiger partial charge in [0.1, 0.15) is 7.26 Å². The molecule has 0 unspecified atom stereocenters. The summed E-state index contributed by atoms with van der Waals surface area (Å²) in [5.74, 6) is 0. The maximum atomic E-state index is 9.44. The van der Waals surface area contributed by atoms with E-state index in [0.29, 0.717) is 0 Å². The smallest absolute Gasteiger partial charge is 0.361 e. The Hall–Kier alpha value is 0.487. The highest BCUT2D eigenvalue weighted by atomic mass is 31.2. The van der Waals surface area contributed by atoms with Gasteiger partial charge in [-0.2, -0.15) is 0 Å². The van der Waals surface area contributed by atoms with Gasteiger partial charge in [0.05, 0.1) is 0 Å². The number of aliphatic hydroxyl groups excluding tert-OH is 1. The number of hydrogen-bond acceptors (Lipinski definition) is 4. The summed E-state index contributed by atoms with van der Waals surface area (Å²) in [4.78, 5) is 0. The summed E-state index contributed by atoms with van der Waals surface area (Å²) in [5, 5.41) is 9.44. The van der Waals surface area contributed by atoms with Crippen molar-refractivity contribution in [1.29, 1.82) is 0 Å². The summed E-state index contributed by atoms with van der Waals surface area (Å²) in [6, 6.07) is 0.967. The highest BCUT2D eigenvalue weighted by Gasteiger charge is 2.60. The summed E-state index contributed by atoms with van der Waals surface area (Å²) >= 11 is 0. The van der Waals surface area contributed by atoms with Crippen LogP contribution >= 0.6 is 7.26 Å². The number of fused-ring (bicyclic) bond motifs is 3. The maximum Gasteiger partial charge on any atom is 0.508 e. The van der Waals surface area contributed by atoms with Gasteiger partial charge in [0.2, 0.25) is 0 Å². The van der Waals surface area contributed by atoms with E-state index < -0.39 is 16.1 Å². The molecule has 6 heteroatoms. The molecule has 3 fully saturated rings. The van der Waals surface area contributed by atoms with Crippen molar-refractivity contribution in [2.75, 3.05) is 25.4 Å². The highest BCUT2D eigenvalue weighted by molar-refractivity contribution is 7.75. The second-order valence-corrected chi connectivity index (χ2v) is 13.4. The number of unbranched alkanes of at least 4 members (excludes halogenated alkanes) is 9. The number of rotatable bonds is 12. The van der Waals surface area contributed by atoms with E-state index in [-0.39, 0.29) is 6.35 Å². The van der Waals surface area contributed by atoms with Gasteiger partial charge in [0, 0.05) is 6.04 Å². The van der Waals surface area contributed by atoms with Crippen molar-refractivity contribution in [3.63, 3.8) is 0 Å². The zero-order valence-electron chi connectivity index (χ0n) is 14.2. The average molecular weight is 350 g/mol. The topological polar surface area (TPSA) is 47.9 Å². The third-order valence-corrected chi connectivity index (χ3v) is 10.9. The Labute approximate surface area is 137 Å². The SMILES string of the molecule is CCCCCCCCCCCC[Si]12OC[P+](CO)(CO1)CO2. The molecule has 0 aromatic rings. The molecule has 3 saturated heterocycles. The number of hydrogen-bond donors (Lipinski definition) is 1. The quantitative estimate of drug-likeness (QED) is 0.313. The predicted molar refractivity (Wildman–Crippen MR) is 94.3 cm³/mol. The average Bonchev–Trinajstić information content (AvgIpc) is 2.58. The standard InChI is InChI=1S/C16H34O4PSi/c1-2-3-4-5-6-7-8-9-10-11-12-22-18-14-21(13-17,15-19-22)16-20-22/h17H,2-16H2,1H3/q+1. The first-order valence-electron chi connectivity index (χ1n) is 9.12. The monoisotopic (exact) mass is 349 g/mol. The van der Waals surface area contributed by atoms with Gasteiger partial charge in [-0.3, -0.25) is 0 Å². The molecular formula is C16H34O4PSi+. The minimum Gasteiger partial charge on any atom is -0.361 e. The normalized spacial score (nSPS) is 30.8. The number of aliphatic hydroxyl groups is 1. The van der Waals surface area contributed by atoms with Gasteiger partial charge < -0.3 is 18.4 Å². The first-order chi connectivity index (χ1) is 10.7. The molecule has 0 aromatic carbocycles. The van der Waals surface area contributed by atoms with E-state index in [0.717, 1.165) is 31.5 Å². The molecule has 1 N–H and O–H groups in total. The van der Waals surface area contributed by atoms with Crippen molar-refractivity contribution in [2.24, 2.45) is 0 Å². The lowest BCUT2D eigenvalue weighted by Gasteiger charge is -2.44. The molecule has 0 saturated carbocycles. The lowest BCUT2D eigenvalue weighted by molar-refractivity contribution is 0.0589. The molecule has 22 heavy (non-hydrogen) atoms. The lowest BCUT2D eigenvalue weighted by Crippen LogP contribution is -2.55. The van der Waals surface area contributed by atoms with E-state index in [1.165, 1.54) is 57.8 Å². The molecule has 0 aliphatic carbocycles. The van der Waals surface area contributed by atoms with E-state index in [9.17, 15) is 5.11 Å². The van der Waals surface area contributed by atoms with Gasteiger partial charge in [0.15, 0.2) is 25.4 Å². The summed E-state index contributed by atoms with van der Waals surface area (Å²) in [5.41, 5.74) is 0. The van der Waals surface area contributed by atoms with Crippen LogP contribution in [0.5, 0.6) is 0 Å². The van der Waals surface area contributed by atoms with Crippen LogP contribution < -0.4 is 0 Å². The summed E-state index contributed by atoms with van der Waals surface area (Å²) in [6.07, 6.45) is 15.8. The molecule has 0 atom stereocenters. The van der Waals surface area contributed by atoms with Crippen molar-refractivity contribution in [1.82, 2.24) is 0 Å². The molecule has 0 radical (unpaired) electrons. The first kappa shape index (κ1) is 18.8. The van der Waals surface area contributed by atoms with Crippen LogP contribution in [0, 0.1) is 0 Å². The van der Waals surface area contributed by atoms with Crippen molar-refractivity contribution in [3.05, 3.63) is 0 Å². The van der Waals surface area contributed by atoms with Crippen LogP contribution in [0.1, 0.15) is 71.1 Å². The molecular weight excluding hydrogens is 315 g/mol. The Bertz CT molecular complexity index is 292. The lowest BCUT2D eigenvalue weighted by atomic mass is 10.1. The van der Waals surface area contributed by atoms with Gasteiger partial charge in [0.25, 0.3) is 0 Å². The van der Waals surface area contributed by atoms with E-state index in [2.05, 4.69) is 6.92 Å². The van der Waals surface area contributed by atoms with E-state index >= 15 is 0 Å². The maximum absolute atomic E-state index is 9.44. The zero-order chi connectivity index (χ0) is 15.7. The zero-order valence-corrected chi connectivity index (χ0v) is 16.1. The Balaban J connectivity index is 1.46. The van der Waals surface area contributed by atoms with Gasteiger partial charge in [-0.05, 0) is 6.42 Å². The van der Waals surface area contributed by atoms with Crippen molar-refractivity contribution >= 4 is 16.1 Å². The Morgan fingerprint density at radius 1 is 0.773 bits per heavy atom. The van der Waals surface area contributed by atoms with Gasteiger partial charge in [-0.25, -0.2) is 0 Å². The fraction of sp³-hybridized carbons (Fsp3) is 1.00. The van der Waals surface area contributed by atoms with Crippen LogP contribution in [0.25, 0.3) is 0 Å². The third kappa shape index (κ3) is 5.54. The van der Waals surface area contributed by atoms with E-state index in [1.54, 1.807) is 0 Å². The second kappa shape index (κ2) is 9.70. The van der Waals surface area contributed by atoms with Crippen LogP contribution in [0.4, 0.5) is 0 Å². The largest absolute Gasteiger partial charge is 0.508 e. The van der Waals surface area contributed by atoms with Gasteiger partial charge in [-0.1, -0.05) is 64.7 Å². The van der Waals surface area contributed by atoms with E-state index in [1.807, 2.05) is 0 Å². The second-order valence-electron chi connectivity index (χ2n) is 6.92. The van der Waals surface area contributed by atoms with Crippen LogP contribution in [0.15, 0.2) is 0 Å². The highest BCUT2D eigenvalue weighted by Crippen LogP contribution is 2.64. The molecule has 0 spiro atoms. The van der Waals surface area contributed by atoms with Gasteiger partial charge in [-0.15, -0.1) is 0 Å². The van der Waals surface area contributed by atoms with Crippen LogP contribution in [-0.2, 0) is 13.3 Å². The van der Waals surface area contributed by atoms with Crippen molar-refractivity contribution in [2.45, 2.75) is 77.2 Å². The van der Waals surface area contributed by atoms with Crippen LogP contribution in [0.2, 0.25) is 6.04 Å². The Kier molecular flexibility index (Phi) is 8.30. The van der Waals surface area contributed by atoms with Crippen LogP contribution in [-0.4, -0.2) is 39.3 Å². The molecule has 3 rings (SSSR count). The summed E-state index contributed by atoms with van der Waals surface area (Å²) in [7, 11) is -3.80. The van der Waals surface area contributed by atoms with Gasteiger partial charge >= 0.3 is 8.80 Å². The fourth-order valence-electron chi connectivity index (χ4n) is 3.11. The third-order valence-electron chi connectivity index (χ3n) is 4.81. The van der Waals surface area contributed by atoms with Crippen LogP contribution in [0.3, 0.4) is 0 Å². The fourth-order valence-corrected chi connectivity index (χ4v) is 10.6.